The van der Waals surface area contributed by atoms with Crippen molar-refractivity contribution in [2.24, 2.45) is 0 Å². The van der Waals surface area contributed by atoms with Crippen LogP contribution in [-0.4, -0.2) is 15.0 Å². The third-order valence-electron chi connectivity index (χ3n) is 1.99. The highest BCUT2D eigenvalue weighted by molar-refractivity contribution is 5.45. The number of allylic oxidation sites excluding steroid dienone is 2. The number of aromatic nitrogens is 2. The minimum Gasteiger partial charge on any atom is -0.282 e. The van der Waals surface area contributed by atoms with Crippen molar-refractivity contribution in [1.82, 2.24) is 9.78 Å². The Hall–Kier alpha value is -1.29. The van der Waals surface area contributed by atoms with Gasteiger partial charge in [-0.25, -0.2) is 9.75 Å². The van der Waals surface area contributed by atoms with Gasteiger partial charge in [-0.15, -0.1) is 0 Å². The Bertz CT molecular complexity index is 340. The van der Waals surface area contributed by atoms with Crippen LogP contribution in [0.15, 0.2) is 17.8 Å². The van der Waals surface area contributed by atoms with E-state index in [-0.39, 0.29) is 0 Å². The monoisotopic (exact) mass is 165 g/mol. The predicted molar refractivity (Wildman–Crippen MR) is 45.0 cm³/mol. The summed E-state index contributed by atoms with van der Waals surface area (Å²) in [7, 11) is 0. The molecule has 0 bridgehead atoms. The largest absolute Gasteiger partial charge is 0.282 e. The highest BCUT2D eigenvalue weighted by Gasteiger charge is 2.16. The first-order chi connectivity index (χ1) is 5.68. The van der Waals surface area contributed by atoms with E-state index in [0.717, 1.165) is 28.8 Å². The van der Waals surface area contributed by atoms with E-state index in [9.17, 15) is 5.21 Å². The molecule has 0 aliphatic carbocycles. The van der Waals surface area contributed by atoms with Crippen LogP contribution in [0.5, 0.6) is 0 Å². The van der Waals surface area contributed by atoms with E-state index in [0.29, 0.717) is 0 Å². The third kappa shape index (κ3) is 0.921. The minimum absolute atomic E-state index is 0.742. The van der Waals surface area contributed by atoms with E-state index < -0.39 is 0 Å². The smallest absolute Gasteiger partial charge is 0.156 e. The lowest BCUT2D eigenvalue weighted by Gasteiger charge is -2.22. The predicted octanol–water partition coefficient (Wildman–Crippen LogP) is 1.30. The van der Waals surface area contributed by atoms with Crippen LogP contribution in [0, 0.1) is 6.92 Å². The van der Waals surface area contributed by atoms with E-state index in [1.165, 1.54) is 0 Å². The van der Waals surface area contributed by atoms with Crippen LogP contribution in [-0.2, 0) is 6.54 Å². The molecule has 4 heteroatoms. The van der Waals surface area contributed by atoms with E-state index in [2.05, 4.69) is 5.10 Å². The first-order valence-electron chi connectivity index (χ1n) is 3.88. The minimum atomic E-state index is 0.742. The second-order valence-corrected chi connectivity index (χ2v) is 2.98. The van der Waals surface area contributed by atoms with Gasteiger partial charge in [0.25, 0.3) is 0 Å². The molecule has 12 heavy (non-hydrogen) atoms. The summed E-state index contributed by atoms with van der Waals surface area (Å²) in [6.45, 7) is 4.52. The third-order valence-corrected chi connectivity index (χ3v) is 1.99. The number of aryl methyl sites for hydroxylation is 1. The zero-order valence-electron chi connectivity index (χ0n) is 7.15. The fraction of sp³-hybridized carbons (Fsp3) is 0.375. The Morgan fingerprint density at radius 3 is 3.00 bits per heavy atom. The lowest BCUT2D eigenvalue weighted by Crippen LogP contribution is -2.23. The molecule has 0 amide bonds. The van der Waals surface area contributed by atoms with Gasteiger partial charge in [0.1, 0.15) is 0 Å². The number of anilines is 1. The number of fused-ring (bicyclic) bond motifs is 1. The summed E-state index contributed by atoms with van der Waals surface area (Å²) in [5.41, 5.74) is 1.77. The van der Waals surface area contributed by atoms with Crippen LogP contribution in [0.1, 0.15) is 12.6 Å². The first kappa shape index (κ1) is 7.36. The fourth-order valence-electron chi connectivity index (χ4n) is 1.32. The number of hydroxylamine groups is 1. The zero-order chi connectivity index (χ0) is 8.72. The average molecular weight is 165 g/mol. The molecule has 64 valence electrons. The molecule has 1 N–H and O–H groups in total. The number of nitrogens with zero attached hydrogens (tertiary/aromatic N) is 3. The maximum Gasteiger partial charge on any atom is 0.156 e. The van der Waals surface area contributed by atoms with Crippen LogP contribution >= 0.6 is 0 Å². The molecule has 0 aromatic carbocycles. The molecule has 0 saturated carbocycles. The number of hydrogen-bond acceptors (Lipinski definition) is 3. The summed E-state index contributed by atoms with van der Waals surface area (Å²) in [6, 6.07) is 1.86. The van der Waals surface area contributed by atoms with Crippen LogP contribution in [0.3, 0.4) is 0 Å². The van der Waals surface area contributed by atoms with Gasteiger partial charge in [-0.2, -0.15) is 5.10 Å². The van der Waals surface area contributed by atoms with Gasteiger partial charge < -0.3 is 0 Å². The van der Waals surface area contributed by atoms with Crippen LogP contribution in [0.2, 0.25) is 0 Å². The Morgan fingerprint density at radius 2 is 2.25 bits per heavy atom. The van der Waals surface area contributed by atoms with Gasteiger partial charge in [-0.3, -0.25) is 5.21 Å². The van der Waals surface area contributed by atoms with Crippen molar-refractivity contribution in [2.75, 3.05) is 5.06 Å². The molecule has 4 nitrogen and oxygen atoms in total. The lowest BCUT2D eigenvalue weighted by molar-refractivity contribution is 0.270. The van der Waals surface area contributed by atoms with Crippen LogP contribution < -0.4 is 5.06 Å². The molecule has 1 aromatic heterocycles. The van der Waals surface area contributed by atoms with Gasteiger partial charge in [-0.05, 0) is 19.9 Å². The highest BCUT2D eigenvalue weighted by atomic mass is 16.5. The summed E-state index contributed by atoms with van der Waals surface area (Å²) in [6.07, 6.45) is 1.93. The summed E-state index contributed by atoms with van der Waals surface area (Å²) in [5, 5.41) is 14.9. The van der Waals surface area contributed by atoms with Crippen LogP contribution in [0.4, 0.5) is 5.82 Å². The molecular formula is C8H11N3O. The van der Waals surface area contributed by atoms with E-state index in [4.69, 9.17) is 0 Å². The Kier molecular flexibility index (Phi) is 1.44. The number of rotatable bonds is 0. The molecule has 1 aliphatic rings. The van der Waals surface area contributed by atoms with Crippen molar-refractivity contribution in [2.45, 2.75) is 20.4 Å². The quantitative estimate of drug-likeness (QED) is 0.630. The summed E-state index contributed by atoms with van der Waals surface area (Å²) >= 11 is 0. The molecule has 1 aromatic rings. The molecule has 0 atom stereocenters. The Labute approximate surface area is 70.7 Å². The van der Waals surface area contributed by atoms with Crippen LogP contribution in [0.25, 0.3) is 0 Å². The summed E-state index contributed by atoms with van der Waals surface area (Å²) in [5.74, 6) is 0.743. The second-order valence-electron chi connectivity index (χ2n) is 2.98. The standard InChI is InChI=1S/C8H11N3O/c1-6-5-8-10(9-6)4-3-7(2)11(8)12/h3,5,12H,4H2,1-2H3. The summed E-state index contributed by atoms with van der Waals surface area (Å²) in [4.78, 5) is 0. The van der Waals surface area contributed by atoms with E-state index >= 15 is 0 Å². The zero-order valence-corrected chi connectivity index (χ0v) is 7.15. The average Bonchev–Trinajstić information content (AvgIpc) is 2.39. The van der Waals surface area contributed by atoms with Crippen molar-refractivity contribution < 1.29 is 5.21 Å². The second kappa shape index (κ2) is 2.35. The van der Waals surface area contributed by atoms with Crippen molar-refractivity contribution >= 4 is 5.82 Å². The van der Waals surface area contributed by atoms with Gasteiger partial charge in [0, 0.05) is 11.8 Å². The van der Waals surface area contributed by atoms with Gasteiger partial charge in [0.15, 0.2) is 5.82 Å². The van der Waals surface area contributed by atoms with Crippen molar-refractivity contribution in [3.05, 3.63) is 23.5 Å². The molecule has 0 saturated heterocycles. The number of hydrogen-bond donors (Lipinski definition) is 1. The van der Waals surface area contributed by atoms with E-state index in [1.807, 2.05) is 26.0 Å². The molecule has 0 spiro atoms. The maximum atomic E-state index is 9.55. The SMILES string of the molecule is CC1=CCn2nc(C)cc2N1O. The molecule has 0 fully saturated rings. The maximum absolute atomic E-state index is 9.55. The van der Waals surface area contributed by atoms with Crippen molar-refractivity contribution in [3.8, 4) is 0 Å². The molecule has 2 heterocycles. The molecular weight excluding hydrogens is 154 g/mol. The fourth-order valence-corrected chi connectivity index (χ4v) is 1.32. The Balaban J connectivity index is 2.48. The summed E-state index contributed by atoms with van der Waals surface area (Å²) < 4.78 is 1.77. The van der Waals surface area contributed by atoms with Crippen molar-refractivity contribution in [3.63, 3.8) is 0 Å². The van der Waals surface area contributed by atoms with Gasteiger partial charge in [-0.1, -0.05) is 0 Å². The molecule has 0 radical (unpaired) electrons. The topological polar surface area (TPSA) is 41.3 Å². The molecule has 2 rings (SSSR count). The first-order valence-corrected chi connectivity index (χ1v) is 3.88. The van der Waals surface area contributed by atoms with Gasteiger partial charge in [0.05, 0.1) is 12.2 Å². The van der Waals surface area contributed by atoms with Gasteiger partial charge >= 0.3 is 0 Å². The molecule has 0 unspecified atom stereocenters. The molecule has 1 aliphatic heterocycles. The normalized spacial score (nSPS) is 15.9. The Morgan fingerprint density at radius 1 is 1.50 bits per heavy atom. The van der Waals surface area contributed by atoms with Gasteiger partial charge in [0.2, 0.25) is 0 Å². The van der Waals surface area contributed by atoms with Crippen molar-refractivity contribution in [1.29, 1.82) is 0 Å². The highest BCUT2D eigenvalue weighted by Crippen LogP contribution is 2.22. The van der Waals surface area contributed by atoms with E-state index in [1.54, 1.807) is 4.68 Å². The lowest BCUT2D eigenvalue weighted by atomic mass is 10.3.